The van der Waals surface area contributed by atoms with Crippen LogP contribution in [0, 0.1) is 13.8 Å². The predicted molar refractivity (Wildman–Crippen MR) is 88.1 cm³/mol. The van der Waals surface area contributed by atoms with Crippen molar-refractivity contribution in [3.63, 3.8) is 0 Å². The molecule has 2 heterocycles. The number of aryl methyl sites for hydroxylation is 2. The first kappa shape index (κ1) is 15.0. The molecule has 118 valence electrons. The van der Waals surface area contributed by atoms with E-state index in [1.54, 1.807) is 21.6 Å². The number of carbonyl (C=O) groups is 1. The Balaban J connectivity index is 1.59. The summed E-state index contributed by atoms with van der Waals surface area (Å²) in [5.74, 6) is 0.407. The van der Waals surface area contributed by atoms with Crippen molar-refractivity contribution in [3.8, 4) is 0 Å². The molecule has 3 aromatic rings. The van der Waals surface area contributed by atoms with Crippen molar-refractivity contribution in [2.24, 2.45) is 0 Å². The molecule has 0 spiro atoms. The van der Waals surface area contributed by atoms with Crippen LogP contribution in [-0.4, -0.2) is 25.5 Å². The number of nitrogens with zero attached hydrogens (tertiary/aromatic N) is 4. The van der Waals surface area contributed by atoms with Crippen LogP contribution in [0.5, 0.6) is 0 Å². The molecule has 1 N–H and O–H groups in total. The molecule has 0 radical (unpaired) electrons. The maximum absolute atomic E-state index is 12.0. The highest BCUT2D eigenvalue weighted by molar-refractivity contribution is 5.89. The normalized spacial score (nSPS) is 10.7. The number of amides is 1. The van der Waals surface area contributed by atoms with Crippen LogP contribution in [0.4, 0.5) is 5.82 Å². The van der Waals surface area contributed by atoms with E-state index in [9.17, 15) is 4.79 Å². The summed E-state index contributed by atoms with van der Waals surface area (Å²) in [5.41, 5.74) is 3.35. The molecule has 23 heavy (non-hydrogen) atoms. The fourth-order valence-corrected chi connectivity index (χ4v) is 2.28. The van der Waals surface area contributed by atoms with Crippen LogP contribution in [-0.2, 0) is 17.9 Å². The van der Waals surface area contributed by atoms with E-state index in [4.69, 9.17) is 0 Å². The van der Waals surface area contributed by atoms with Gasteiger partial charge in [0.1, 0.15) is 6.54 Å². The largest absolute Gasteiger partial charge is 0.308 e. The van der Waals surface area contributed by atoms with E-state index in [1.165, 1.54) is 11.1 Å². The smallest absolute Gasteiger partial charge is 0.247 e. The minimum absolute atomic E-state index is 0.141. The maximum Gasteiger partial charge on any atom is 0.247 e. The van der Waals surface area contributed by atoms with Crippen LogP contribution in [0.2, 0.25) is 0 Å². The standard InChI is InChI=1S/C17H19N5O/c1-13-3-5-15(6-4-13)11-21-10-8-16(20-21)19-17(23)12-22-14(2)7-9-18-22/h3-10H,11-12H2,1-2H3,(H,19,20,23). The molecule has 6 heteroatoms. The van der Waals surface area contributed by atoms with Gasteiger partial charge in [-0.3, -0.25) is 14.2 Å². The molecule has 1 aromatic carbocycles. The van der Waals surface area contributed by atoms with Gasteiger partial charge in [-0.15, -0.1) is 0 Å². The van der Waals surface area contributed by atoms with E-state index in [0.717, 1.165) is 5.69 Å². The summed E-state index contributed by atoms with van der Waals surface area (Å²) in [4.78, 5) is 12.0. The summed E-state index contributed by atoms with van der Waals surface area (Å²) in [6, 6.07) is 12.0. The third kappa shape index (κ3) is 3.85. The summed E-state index contributed by atoms with van der Waals surface area (Å²) in [5, 5.41) is 11.3. The Morgan fingerprint density at radius 2 is 1.91 bits per heavy atom. The minimum atomic E-state index is -0.141. The van der Waals surface area contributed by atoms with Gasteiger partial charge in [0.2, 0.25) is 5.91 Å². The molecule has 1 amide bonds. The van der Waals surface area contributed by atoms with E-state index in [1.807, 2.05) is 19.2 Å². The molecule has 0 aliphatic heterocycles. The van der Waals surface area contributed by atoms with Crippen LogP contribution in [0.25, 0.3) is 0 Å². The molecule has 6 nitrogen and oxygen atoms in total. The van der Waals surface area contributed by atoms with E-state index < -0.39 is 0 Å². The monoisotopic (exact) mass is 309 g/mol. The Kier molecular flexibility index (Phi) is 4.23. The van der Waals surface area contributed by atoms with Crippen molar-refractivity contribution in [2.45, 2.75) is 26.9 Å². The topological polar surface area (TPSA) is 64.7 Å². The second kappa shape index (κ2) is 6.48. The Morgan fingerprint density at radius 3 is 2.61 bits per heavy atom. The summed E-state index contributed by atoms with van der Waals surface area (Å²) in [6.07, 6.45) is 3.54. The lowest BCUT2D eigenvalue weighted by molar-refractivity contribution is -0.117. The number of anilines is 1. The summed E-state index contributed by atoms with van der Waals surface area (Å²) >= 11 is 0. The number of aromatic nitrogens is 4. The fourth-order valence-electron chi connectivity index (χ4n) is 2.28. The highest BCUT2D eigenvalue weighted by Gasteiger charge is 2.08. The van der Waals surface area contributed by atoms with Crippen molar-refractivity contribution in [2.75, 3.05) is 5.32 Å². The number of rotatable bonds is 5. The van der Waals surface area contributed by atoms with Gasteiger partial charge in [0.05, 0.1) is 6.54 Å². The van der Waals surface area contributed by atoms with Crippen molar-refractivity contribution in [1.29, 1.82) is 0 Å². The number of hydrogen-bond donors (Lipinski definition) is 1. The molecule has 0 aliphatic rings. The molecule has 0 bridgehead atoms. The Bertz CT molecular complexity index is 801. The third-order valence-corrected chi connectivity index (χ3v) is 3.60. The van der Waals surface area contributed by atoms with E-state index in [-0.39, 0.29) is 12.5 Å². The van der Waals surface area contributed by atoms with Gasteiger partial charge < -0.3 is 5.32 Å². The van der Waals surface area contributed by atoms with E-state index >= 15 is 0 Å². The van der Waals surface area contributed by atoms with Gasteiger partial charge >= 0.3 is 0 Å². The summed E-state index contributed by atoms with van der Waals surface area (Å²) in [6.45, 7) is 4.83. The van der Waals surface area contributed by atoms with Crippen molar-refractivity contribution in [1.82, 2.24) is 19.6 Å². The van der Waals surface area contributed by atoms with Gasteiger partial charge in [-0.05, 0) is 25.5 Å². The van der Waals surface area contributed by atoms with Crippen LogP contribution < -0.4 is 5.32 Å². The van der Waals surface area contributed by atoms with E-state index in [0.29, 0.717) is 12.4 Å². The van der Waals surface area contributed by atoms with Gasteiger partial charge in [-0.1, -0.05) is 29.8 Å². The van der Waals surface area contributed by atoms with Gasteiger partial charge in [-0.25, -0.2) is 0 Å². The molecule has 0 fully saturated rings. The van der Waals surface area contributed by atoms with E-state index in [2.05, 4.69) is 46.7 Å². The highest BCUT2D eigenvalue weighted by Crippen LogP contribution is 2.08. The Labute approximate surface area is 134 Å². The SMILES string of the molecule is Cc1ccc(Cn2ccc(NC(=O)Cn3nccc3C)n2)cc1. The van der Waals surface area contributed by atoms with Gasteiger partial charge in [0, 0.05) is 24.2 Å². The van der Waals surface area contributed by atoms with Crippen LogP contribution >= 0.6 is 0 Å². The molecular formula is C17H19N5O. The first-order chi connectivity index (χ1) is 11.1. The number of carbonyl (C=O) groups excluding carboxylic acids is 1. The average Bonchev–Trinajstić information content (AvgIpc) is 3.11. The van der Waals surface area contributed by atoms with Crippen LogP contribution in [0.15, 0.2) is 48.8 Å². The quantitative estimate of drug-likeness (QED) is 0.787. The lowest BCUT2D eigenvalue weighted by Crippen LogP contribution is -2.20. The average molecular weight is 309 g/mol. The van der Waals surface area contributed by atoms with Crippen LogP contribution in [0.3, 0.4) is 0 Å². The molecule has 0 aliphatic carbocycles. The molecule has 0 saturated carbocycles. The molecule has 2 aromatic heterocycles. The van der Waals surface area contributed by atoms with Crippen LogP contribution in [0.1, 0.15) is 16.8 Å². The zero-order valence-electron chi connectivity index (χ0n) is 13.2. The first-order valence-electron chi connectivity index (χ1n) is 7.47. The van der Waals surface area contributed by atoms with Crippen molar-refractivity contribution in [3.05, 3.63) is 65.6 Å². The molecule has 0 saturated heterocycles. The van der Waals surface area contributed by atoms with Gasteiger partial charge in [0.15, 0.2) is 5.82 Å². The maximum atomic E-state index is 12.0. The fraction of sp³-hybridized carbons (Fsp3) is 0.235. The predicted octanol–water partition coefficient (Wildman–Crippen LogP) is 2.38. The minimum Gasteiger partial charge on any atom is -0.308 e. The zero-order chi connectivity index (χ0) is 16.2. The third-order valence-electron chi connectivity index (χ3n) is 3.60. The Hall–Kier alpha value is -2.89. The summed E-state index contributed by atoms with van der Waals surface area (Å²) in [7, 11) is 0. The number of hydrogen-bond acceptors (Lipinski definition) is 3. The van der Waals surface area contributed by atoms with Crippen molar-refractivity contribution >= 4 is 11.7 Å². The van der Waals surface area contributed by atoms with Gasteiger partial charge in [-0.2, -0.15) is 10.2 Å². The number of benzene rings is 1. The number of nitrogens with one attached hydrogen (secondary N) is 1. The second-order valence-corrected chi connectivity index (χ2v) is 5.56. The lowest BCUT2D eigenvalue weighted by Gasteiger charge is -2.05. The highest BCUT2D eigenvalue weighted by atomic mass is 16.2. The molecular weight excluding hydrogens is 290 g/mol. The zero-order valence-corrected chi connectivity index (χ0v) is 13.2. The van der Waals surface area contributed by atoms with Crippen molar-refractivity contribution < 1.29 is 4.79 Å². The first-order valence-corrected chi connectivity index (χ1v) is 7.47. The molecule has 0 unspecified atom stereocenters. The second-order valence-electron chi connectivity index (χ2n) is 5.56. The molecule has 3 rings (SSSR count). The van der Waals surface area contributed by atoms with Gasteiger partial charge in [0.25, 0.3) is 0 Å². The molecule has 0 atom stereocenters. The lowest BCUT2D eigenvalue weighted by atomic mass is 10.1. The Morgan fingerprint density at radius 1 is 1.13 bits per heavy atom. The summed E-state index contributed by atoms with van der Waals surface area (Å²) < 4.78 is 3.46.